The zero-order valence-electron chi connectivity index (χ0n) is 18.8. The highest BCUT2D eigenvalue weighted by Gasteiger charge is 2.09. The smallest absolute Gasteiger partial charge is 0.319 e. The van der Waals surface area contributed by atoms with Crippen LogP contribution in [0.15, 0.2) is 78.9 Å². The lowest BCUT2D eigenvalue weighted by molar-refractivity contribution is 0.0358. The van der Waals surface area contributed by atoms with Crippen LogP contribution in [-0.4, -0.2) is 50.4 Å². The zero-order chi connectivity index (χ0) is 22.7. The van der Waals surface area contributed by atoms with Crippen molar-refractivity contribution in [2.24, 2.45) is 0 Å². The van der Waals surface area contributed by atoms with Crippen LogP contribution in [0.3, 0.4) is 0 Å². The highest BCUT2D eigenvalue weighted by Crippen LogP contribution is 2.24. The number of urea groups is 1. The Bertz CT molecular complexity index is 985. The van der Waals surface area contributed by atoms with Gasteiger partial charge in [0.2, 0.25) is 0 Å². The molecule has 1 aliphatic heterocycles. The molecule has 4 rings (SSSR count). The number of ether oxygens (including phenoxy) is 2. The minimum Gasteiger partial charge on any atom is -0.494 e. The topological polar surface area (TPSA) is 62.8 Å². The number of nitrogens with one attached hydrogen (secondary N) is 2. The van der Waals surface area contributed by atoms with E-state index in [1.54, 1.807) is 0 Å². The van der Waals surface area contributed by atoms with Crippen LogP contribution in [-0.2, 0) is 11.3 Å². The molecule has 0 spiro atoms. The van der Waals surface area contributed by atoms with E-state index in [1.165, 1.54) is 0 Å². The fourth-order valence-electron chi connectivity index (χ4n) is 3.75. The number of benzene rings is 3. The van der Waals surface area contributed by atoms with Gasteiger partial charge in [0, 0.05) is 31.9 Å². The molecule has 3 aromatic carbocycles. The van der Waals surface area contributed by atoms with E-state index in [9.17, 15) is 4.79 Å². The molecule has 0 bridgehead atoms. The first-order chi connectivity index (χ1) is 16.3. The minimum absolute atomic E-state index is 0.221. The van der Waals surface area contributed by atoms with Gasteiger partial charge >= 0.3 is 6.03 Å². The van der Waals surface area contributed by atoms with Crippen molar-refractivity contribution < 1.29 is 14.3 Å². The number of nitrogens with zero attached hydrogens (tertiary/aromatic N) is 1. The van der Waals surface area contributed by atoms with Crippen molar-refractivity contribution in [3.05, 3.63) is 84.4 Å². The summed E-state index contributed by atoms with van der Waals surface area (Å²) < 4.78 is 11.3. The molecule has 172 valence electrons. The van der Waals surface area contributed by atoms with Gasteiger partial charge in [0.25, 0.3) is 0 Å². The van der Waals surface area contributed by atoms with Crippen molar-refractivity contribution in [2.75, 3.05) is 44.8 Å². The molecule has 0 aliphatic carbocycles. The highest BCUT2D eigenvalue weighted by molar-refractivity contribution is 5.89. The maximum absolute atomic E-state index is 12.1. The van der Waals surface area contributed by atoms with Gasteiger partial charge in [0.1, 0.15) is 5.75 Å². The minimum atomic E-state index is -0.221. The van der Waals surface area contributed by atoms with E-state index in [-0.39, 0.29) is 6.03 Å². The summed E-state index contributed by atoms with van der Waals surface area (Å²) in [7, 11) is 0. The number of anilines is 1. The van der Waals surface area contributed by atoms with Crippen LogP contribution >= 0.6 is 0 Å². The van der Waals surface area contributed by atoms with Gasteiger partial charge in [-0.15, -0.1) is 0 Å². The number of carbonyl (C=O) groups is 1. The molecule has 1 aliphatic rings. The summed E-state index contributed by atoms with van der Waals surface area (Å²) in [6.45, 7) is 5.95. The molecule has 1 saturated heterocycles. The summed E-state index contributed by atoms with van der Waals surface area (Å²) in [5.74, 6) is 0.883. The molecule has 2 amide bonds. The Morgan fingerprint density at radius 1 is 0.879 bits per heavy atom. The van der Waals surface area contributed by atoms with Crippen LogP contribution in [0, 0.1) is 0 Å². The molecule has 1 heterocycles. The summed E-state index contributed by atoms with van der Waals surface area (Å²) in [5.41, 5.74) is 4.01. The first kappa shape index (κ1) is 22.8. The number of rotatable bonds is 9. The lowest BCUT2D eigenvalue weighted by Crippen LogP contribution is -2.37. The fourth-order valence-corrected chi connectivity index (χ4v) is 3.75. The molecular formula is C27H31N3O3. The summed E-state index contributed by atoms with van der Waals surface area (Å²) >= 11 is 0. The van der Waals surface area contributed by atoms with Gasteiger partial charge in [-0.1, -0.05) is 54.6 Å². The summed E-state index contributed by atoms with van der Waals surface area (Å²) in [5, 5.41) is 5.74. The number of hydrogen-bond acceptors (Lipinski definition) is 4. The Kier molecular flexibility index (Phi) is 8.33. The summed E-state index contributed by atoms with van der Waals surface area (Å²) in [6.07, 6.45) is 1.01. The molecule has 0 radical (unpaired) electrons. The van der Waals surface area contributed by atoms with Crippen molar-refractivity contribution in [2.45, 2.75) is 13.0 Å². The van der Waals surface area contributed by atoms with Gasteiger partial charge in [0.15, 0.2) is 0 Å². The maximum atomic E-state index is 12.1. The van der Waals surface area contributed by atoms with Gasteiger partial charge in [-0.05, 0) is 47.4 Å². The third kappa shape index (κ3) is 7.34. The normalized spacial score (nSPS) is 13.9. The molecule has 0 unspecified atom stereocenters. The first-order valence-electron chi connectivity index (χ1n) is 11.5. The Labute approximate surface area is 195 Å². The average Bonchev–Trinajstić information content (AvgIpc) is 2.88. The van der Waals surface area contributed by atoms with Crippen molar-refractivity contribution in [3.8, 4) is 16.9 Å². The second-order valence-electron chi connectivity index (χ2n) is 8.05. The number of amides is 2. The van der Waals surface area contributed by atoms with E-state index in [0.717, 1.165) is 67.4 Å². The van der Waals surface area contributed by atoms with E-state index < -0.39 is 0 Å². The Morgan fingerprint density at radius 3 is 2.24 bits per heavy atom. The summed E-state index contributed by atoms with van der Waals surface area (Å²) in [6, 6.07) is 25.6. The zero-order valence-corrected chi connectivity index (χ0v) is 18.8. The molecule has 33 heavy (non-hydrogen) atoms. The number of hydrogen-bond donors (Lipinski definition) is 2. The number of morpholine rings is 1. The molecule has 6 nitrogen and oxygen atoms in total. The van der Waals surface area contributed by atoms with E-state index in [2.05, 4.69) is 27.7 Å². The lowest BCUT2D eigenvalue weighted by atomic mass is 10.1. The Hall–Kier alpha value is -3.35. The molecule has 0 aromatic heterocycles. The van der Waals surface area contributed by atoms with Crippen LogP contribution in [0.4, 0.5) is 10.5 Å². The Balaban J connectivity index is 1.20. The van der Waals surface area contributed by atoms with E-state index >= 15 is 0 Å². The van der Waals surface area contributed by atoms with Gasteiger partial charge in [-0.2, -0.15) is 0 Å². The predicted octanol–water partition coefficient (Wildman–Crippen LogP) is 4.78. The van der Waals surface area contributed by atoms with Crippen molar-refractivity contribution >= 4 is 11.7 Å². The molecule has 3 aromatic rings. The van der Waals surface area contributed by atoms with Crippen molar-refractivity contribution in [1.82, 2.24) is 10.2 Å². The average molecular weight is 446 g/mol. The van der Waals surface area contributed by atoms with Crippen LogP contribution < -0.4 is 15.4 Å². The first-order valence-corrected chi connectivity index (χ1v) is 11.5. The van der Waals surface area contributed by atoms with Crippen molar-refractivity contribution in [3.63, 3.8) is 0 Å². The molecule has 6 heteroatoms. The second kappa shape index (κ2) is 12.0. The highest BCUT2D eigenvalue weighted by atomic mass is 16.5. The van der Waals surface area contributed by atoms with Gasteiger partial charge in [-0.3, -0.25) is 4.90 Å². The SMILES string of the molecule is O=C(NCc1ccccc1)Nc1ccc(-c2ccc(OCCCN3CCOCC3)cc2)cc1. The summed E-state index contributed by atoms with van der Waals surface area (Å²) in [4.78, 5) is 14.5. The molecular weight excluding hydrogens is 414 g/mol. The van der Waals surface area contributed by atoms with Gasteiger partial charge in [0.05, 0.1) is 19.8 Å². The maximum Gasteiger partial charge on any atom is 0.319 e. The Morgan fingerprint density at radius 2 is 1.55 bits per heavy atom. The van der Waals surface area contributed by atoms with Crippen LogP contribution in [0.5, 0.6) is 5.75 Å². The second-order valence-corrected chi connectivity index (χ2v) is 8.05. The largest absolute Gasteiger partial charge is 0.494 e. The van der Waals surface area contributed by atoms with E-state index in [1.807, 2.05) is 66.7 Å². The van der Waals surface area contributed by atoms with Gasteiger partial charge in [-0.25, -0.2) is 4.79 Å². The molecule has 0 atom stereocenters. The monoisotopic (exact) mass is 445 g/mol. The quantitative estimate of drug-likeness (QED) is 0.466. The van der Waals surface area contributed by atoms with E-state index in [4.69, 9.17) is 9.47 Å². The van der Waals surface area contributed by atoms with Crippen LogP contribution in [0.1, 0.15) is 12.0 Å². The predicted molar refractivity (Wildman–Crippen MR) is 132 cm³/mol. The van der Waals surface area contributed by atoms with Crippen LogP contribution in [0.2, 0.25) is 0 Å². The number of carbonyl (C=O) groups excluding carboxylic acids is 1. The molecule has 0 saturated carbocycles. The van der Waals surface area contributed by atoms with Gasteiger partial charge < -0.3 is 20.1 Å². The fraction of sp³-hybridized carbons (Fsp3) is 0.296. The lowest BCUT2D eigenvalue weighted by Gasteiger charge is -2.26. The standard InChI is InChI=1S/C27H31N3O3/c31-27(28-21-22-5-2-1-3-6-22)29-25-11-7-23(8-12-25)24-9-13-26(14-10-24)33-18-4-15-30-16-19-32-20-17-30/h1-3,5-14H,4,15-21H2,(H2,28,29,31). The molecule has 1 fully saturated rings. The van der Waals surface area contributed by atoms with Crippen molar-refractivity contribution in [1.29, 1.82) is 0 Å². The third-order valence-corrected chi connectivity index (χ3v) is 5.62. The third-order valence-electron chi connectivity index (χ3n) is 5.62. The molecule has 2 N–H and O–H groups in total. The van der Waals surface area contributed by atoms with E-state index in [0.29, 0.717) is 13.2 Å². The van der Waals surface area contributed by atoms with Crippen LogP contribution in [0.25, 0.3) is 11.1 Å².